The van der Waals surface area contributed by atoms with Crippen LogP contribution in [-0.2, 0) is 10.0 Å². The second-order valence-corrected chi connectivity index (χ2v) is 7.49. The number of nitrogens with one attached hydrogen (secondary N) is 1. The van der Waals surface area contributed by atoms with Crippen LogP contribution in [0.15, 0.2) is 45.5 Å². The van der Waals surface area contributed by atoms with Crippen LogP contribution in [0.2, 0.25) is 0 Å². The quantitative estimate of drug-likeness (QED) is 0.779. The van der Waals surface area contributed by atoms with Crippen LogP contribution in [0.25, 0.3) is 4.96 Å². The number of para-hydroxylation sites is 1. The molecule has 0 atom stereocenters. The van der Waals surface area contributed by atoms with Crippen molar-refractivity contribution in [2.45, 2.75) is 5.03 Å². The van der Waals surface area contributed by atoms with Crippen molar-refractivity contribution >= 4 is 47.9 Å². The predicted molar refractivity (Wildman–Crippen MR) is 75.8 cm³/mol. The Morgan fingerprint density at radius 3 is 2.68 bits per heavy atom. The van der Waals surface area contributed by atoms with Gasteiger partial charge in [-0.15, -0.1) is 5.10 Å². The molecule has 6 nitrogen and oxygen atoms in total. The van der Waals surface area contributed by atoms with E-state index >= 15 is 0 Å². The van der Waals surface area contributed by atoms with Gasteiger partial charge < -0.3 is 0 Å². The molecule has 0 unspecified atom stereocenters. The summed E-state index contributed by atoms with van der Waals surface area (Å²) in [6, 6.07) is 8.66. The number of fused-ring (bicyclic) bond motifs is 1. The Balaban J connectivity index is 1.97. The molecule has 0 bridgehead atoms. The van der Waals surface area contributed by atoms with E-state index in [1.807, 2.05) is 6.07 Å². The average molecular weight is 359 g/mol. The summed E-state index contributed by atoms with van der Waals surface area (Å²) in [7, 11) is -3.69. The molecule has 0 saturated heterocycles. The molecule has 1 aromatic carbocycles. The standard InChI is InChI=1S/C10H7BrN4O2S2/c11-9-13-15-6-8(12-10(15)18-9)19(16,17)14-7-4-2-1-3-5-7/h1-6,14H. The Bertz CT molecular complexity index is 794. The molecule has 0 radical (unpaired) electrons. The Hall–Kier alpha value is -1.45. The van der Waals surface area contributed by atoms with E-state index in [4.69, 9.17) is 0 Å². The van der Waals surface area contributed by atoms with Gasteiger partial charge in [-0.3, -0.25) is 4.72 Å². The summed E-state index contributed by atoms with van der Waals surface area (Å²) in [5, 5.41) is 4.00. The third kappa shape index (κ3) is 2.48. The second kappa shape index (κ2) is 4.58. The lowest BCUT2D eigenvalue weighted by atomic mass is 10.3. The smallest absolute Gasteiger partial charge is 0.278 e. The molecule has 0 spiro atoms. The van der Waals surface area contributed by atoms with Crippen LogP contribution in [0.5, 0.6) is 0 Å². The summed E-state index contributed by atoms with van der Waals surface area (Å²) in [4.78, 5) is 4.55. The maximum atomic E-state index is 12.1. The monoisotopic (exact) mass is 358 g/mol. The molecule has 0 aliphatic heterocycles. The van der Waals surface area contributed by atoms with E-state index in [-0.39, 0.29) is 5.03 Å². The van der Waals surface area contributed by atoms with Crippen LogP contribution in [0.3, 0.4) is 0 Å². The van der Waals surface area contributed by atoms with Gasteiger partial charge in [0.05, 0.1) is 6.20 Å². The zero-order chi connectivity index (χ0) is 13.5. The SMILES string of the molecule is O=S(=O)(Nc1ccccc1)c1cn2nc(Br)sc2n1. The van der Waals surface area contributed by atoms with Gasteiger partial charge in [-0.1, -0.05) is 29.5 Å². The van der Waals surface area contributed by atoms with Crippen LogP contribution in [0.4, 0.5) is 5.69 Å². The van der Waals surface area contributed by atoms with E-state index in [0.717, 1.165) is 0 Å². The molecule has 0 aliphatic carbocycles. The van der Waals surface area contributed by atoms with Gasteiger partial charge in [-0.25, -0.2) is 9.50 Å². The van der Waals surface area contributed by atoms with Gasteiger partial charge in [0.1, 0.15) is 0 Å². The number of hydrogen-bond donors (Lipinski definition) is 1. The zero-order valence-electron chi connectivity index (χ0n) is 9.32. The fourth-order valence-electron chi connectivity index (χ4n) is 1.50. The molecule has 0 amide bonds. The molecular formula is C10H7BrN4O2S2. The fraction of sp³-hybridized carbons (Fsp3) is 0. The number of halogens is 1. The van der Waals surface area contributed by atoms with Crippen molar-refractivity contribution in [3.63, 3.8) is 0 Å². The molecule has 3 rings (SSSR count). The van der Waals surface area contributed by atoms with Crippen molar-refractivity contribution in [2.75, 3.05) is 4.72 Å². The van der Waals surface area contributed by atoms with Crippen molar-refractivity contribution < 1.29 is 8.42 Å². The molecular weight excluding hydrogens is 352 g/mol. The summed E-state index contributed by atoms with van der Waals surface area (Å²) in [6.45, 7) is 0. The van der Waals surface area contributed by atoms with Gasteiger partial charge in [0.15, 0.2) is 8.94 Å². The molecule has 1 N–H and O–H groups in total. The minimum absolute atomic E-state index is 0.0531. The molecule has 3 aromatic rings. The third-order valence-corrected chi connectivity index (χ3v) is 4.90. The van der Waals surface area contributed by atoms with Gasteiger partial charge in [-0.2, -0.15) is 8.42 Å². The second-order valence-electron chi connectivity index (χ2n) is 3.63. The molecule has 2 heterocycles. The number of rotatable bonds is 3. The molecule has 9 heteroatoms. The van der Waals surface area contributed by atoms with Crippen molar-refractivity contribution in [2.24, 2.45) is 0 Å². The number of imidazole rings is 1. The highest BCUT2D eigenvalue weighted by Crippen LogP contribution is 2.22. The normalized spacial score (nSPS) is 11.8. The van der Waals surface area contributed by atoms with Crippen molar-refractivity contribution in [1.82, 2.24) is 14.6 Å². The minimum Gasteiger partial charge on any atom is -0.278 e. The van der Waals surface area contributed by atoms with Crippen molar-refractivity contribution in [3.05, 3.63) is 40.4 Å². The van der Waals surface area contributed by atoms with Crippen molar-refractivity contribution in [1.29, 1.82) is 0 Å². The van der Waals surface area contributed by atoms with Gasteiger partial charge in [0, 0.05) is 5.69 Å². The Kier molecular flexibility index (Phi) is 3.03. The summed E-state index contributed by atoms with van der Waals surface area (Å²) < 4.78 is 28.8. The molecule has 0 fully saturated rings. The van der Waals surface area contributed by atoms with E-state index in [0.29, 0.717) is 14.6 Å². The van der Waals surface area contributed by atoms with Gasteiger partial charge in [0.2, 0.25) is 4.96 Å². The molecule has 2 aromatic heterocycles. The lowest BCUT2D eigenvalue weighted by Gasteiger charge is -2.04. The molecule has 19 heavy (non-hydrogen) atoms. The van der Waals surface area contributed by atoms with Gasteiger partial charge in [0.25, 0.3) is 10.0 Å². The highest BCUT2D eigenvalue weighted by Gasteiger charge is 2.19. The van der Waals surface area contributed by atoms with Gasteiger partial charge in [-0.05, 0) is 28.1 Å². The number of aromatic nitrogens is 3. The zero-order valence-corrected chi connectivity index (χ0v) is 12.5. The van der Waals surface area contributed by atoms with Crippen LogP contribution in [0.1, 0.15) is 0 Å². The average Bonchev–Trinajstić information content (AvgIpc) is 2.87. The first-order valence-corrected chi connectivity index (χ1v) is 8.23. The number of hydrogen-bond acceptors (Lipinski definition) is 5. The van der Waals surface area contributed by atoms with Crippen molar-refractivity contribution in [3.8, 4) is 0 Å². The molecule has 0 aliphatic rings. The van der Waals surface area contributed by atoms with Crippen LogP contribution < -0.4 is 4.72 Å². The van der Waals surface area contributed by atoms with E-state index < -0.39 is 10.0 Å². The Morgan fingerprint density at radius 2 is 2.00 bits per heavy atom. The number of anilines is 1. The first-order valence-electron chi connectivity index (χ1n) is 5.14. The fourth-order valence-corrected chi connectivity index (χ4v) is 3.77. The van der Waals surface area contributed by atoms with E-state index in [1.54, 1.807) is 24.3 Å². The summed E-state index contributed by atoms with van der Waals surface area (Å²) in [5.41, 5.74) is 0.494. The maximum Gasteiger partial charge on any atom is 0.281 e. The minimum atomic E-state index is -3.69. The Labute approximate surface area is 121 Å². The van der Waals surface area contributed by atoms with Crippen LogP contribution in [-0.4, -0.2) is 23.0 Å². The number of sulfonamides is 1. The molecule has 0 saturated carbocycles. The predicted octanol–water partition coefficient (Wildman–Crippen LogP) is 2.35. The lowest BCUT2D eigenvalue weighted by Crippen LogP contribution is -2.13. The summed E-state index contributed by atoms with van der Waals surface area (Å²) in [5.74, 6) is 0. The van der Waals surface area contributed by atoms with Crippen LogP contribution in [0, 0.1) is 0 Å². The van der Waals surface area contributed by atoms with Crippen LogP contribution >= 0.6 is 27.3 Å². The summed E-state index contributed by atoms with van der Waals surface area (Å²) >= 11 is 4.47. The number of benzene rings is 1. The third-order valence-electron chi connectivity index (χ3n) is 2.30. The Morgan fingerprint density at radius 1 is 1.26 bits per heavy atom. The first-order chi connectivity index (χ1) is 9.04. The highest BCUT2D eigenvalue weighted by molar-refractivity contribution is 9.11. The maximum absolute atomic E-state index is 12.1. The summed E-state index contributed by atoms with van der Waals surface area (Å²) in [6.07, 6.45) is 1.38. The molecule has 98 valence electrons. The topological polar surface area (TPSA) is 76.4 Å². The highest BCUT2D eigenvalue weighted by atomic mass is 79.9. The lowest BCUT2D eigenvalue weighted by molar-refractivity contribution is 0.598. The largest absolute Gasteiger partial charge is 0.281 e. The number of nitrogens with zero attached hydrogens (tertiary/aromatic N) is 3. The first kappa shape index (κ1) is 12.6. The van der Waals surface area contributed by atoms with E-state index in [2.05, 4.69) is 30.7 Å². The van der Waals surface area contributed by atoms with E-state index in [1.165, 1.54) is 22.0 Å². The van der Waals surface area contributed by atoms with E-state index in [9.17, 15) is 8.42 Å². The van der Waals surface area contributed by atoms with Gasteiger partial charge >= 0.3 is 0 Å².